The highest BCUT2D eigenvalue weighted by molar-refractivity contribution is 6.01. The molecule has 0 bridgehead atoms. The average molecular weight is 432 g/mol. The second kappa shape index (κ2) is 7.41. The first-order chi connectivity index (χ1) is 15.3. The summed E-state index contributed by atoms with van der Waals surface area (Å²) < 4.78 is 47.6. The number of ether oxygens (including phenoxy) is 1. The van der Waals surface area contributed by atoms with E-state index in [1.807, 2.05) is 68.7 Å². The van der Waals surface area contributed by atoms with Crippen molar-refractivity contribution in [2.45, 2.75) is 13.1 Å². The Bertz CT molecular complexity index is 1330. The largest absolute Gasteiger partial charge is 0.455 e. The van der Waals surface area contributed by atoms with E-state index >= 15 is 0 Å². The van der Waals surface area contributed by atoms with Gasteiger partial charge in [-0.25, -0.2) is 0 Å². The van der Waals surface area contributed by atoms with E-state index in [1.165, 1.54) is 12.1 Å². The molecule has 3 aromatic carbocycles. The predicted octanol–water partition coefficient (Wildman–Crippen LogP) is 6.72. The Balaban J connectivity index is 1.78. The molecule has 0 N–H and O–H groups in total. The number of hydrogen-bond acceptors (Lipinski definition) is 2. The second-order valence-electron chi connectivity index (χ2n) is 7.81. The maximum atomic E-state index is 13.2. The zero-order valence-electron chi connectivity index (χ0n) is 17.4. The van der Waals surface area contributed by atoms with E-state index in [9.17, 15) is 13.2 Å². The number of fused-ring (bicyclic) bond motifs is 3. The van der Waals surface area contributed by atoms with Crippen molar-refractivity contribution in [1.82, 2.24) is 9.78 Å². The number of aromatic nitrogens is 2. The highest BCUT2D eigenvalue weighted by Gasteiger charge is 2.31. The summed E-state index contributed by atoms with van der Waals surface area (Å²) in [5, 5.41) is 4.63. The van der Waals surface area contributed by atoms with Gasteiger partial charge in [-0.2, -0.15) is 18.3 Å². The first kappa shape index (κ1) is 20.1. The minimum Gasteiger partial charge on any atom is -0.455 e. The van der Waals surface area contributed by atoms with Crippen LogP contribution in [0.5, 0.6) is 5.75 Å². The lowest BCUT2D eigenvalue weighted by Crippen LogP contribution is -2.08. The molecule has 0 spiro atoms. The molecule has 0 fully saturated rings. The van der Waals surface area contributed by atoms with Crippen LogP contribution >= 0.6 is 0 Å². The molecule has 0 saturated carbocycles. The third kappa shape index (κ3) is 3.47. The van der Waals surface area contributed by atoms with E-state index < -0.39 is 11.7 Å². The number of benzene rings is 3. The highest BCUT2D eigenvalue weighted by Crippen LogP contribution is 2.45. The molecule has 2 heterocycles. The molecule has 0 atom stereocenters. The quantitative estimate of drug-likeness (QED) is 0.351. The molecule has 6 heteroatoms. The van der Waals surface area contributed by atoms with Crippen molar-refractivity contribution in [3.63, 3.8) is 0 Å². The standard InChI is InChI=1S/C26H19F3N2O/c1-16-7-9-17(10-8-16)23(18-11-13-19(14-12-18)26(27,28)29)25-21-15-31(2)30-24(21)20-5-3-4-6-22(20)32-25/h3-15H,1-2H3/b25-23+. The van der Waals surface area contributed by atoms with E-state index in [-0.39, 0.29) is 0 Å². The molecule has 0 unspecified atom stereocenters. The maximum Gasteiger partial charge on any atom is 0.416 e. The molecule has 0 amide bonds. The lowest BCUT2D eigenvalue weighted by Gasteiger charge is -2.23. The van der Waals surface area contributed by atoms with Gasteiger partial charge in [0.25, 0.3) is 0 Å². The van der Waals surface area contributed by atoms with Gasteiger partial charge in [0.2, 0.25) is 0 Å². The second-order valence-corrected chi connectivity index (χ2v) is 7.81. The topological polar surface area (TPSA) is 27.1 Å². The Morgan fingerprint density at radius 3 is 2.12 bits per heavy atom. The zero-order valence-corrected chi connectivity index (χ0v) is 17.4. The summed E-state index contributed by atoms with van der Waals surface area (Å²) >= 11 is 0. The maximum absolute atomic E-state index is 13.2. The van der Waals surface area contributed by atoms with Gasteiger partial charge in [-0.3, -0.25) is 4.68 Å². The molecule has 1 aliphatic rings. The van der Waals surface area contributed by atoms with Gasteiger partial charge in [0.05, 0.1) is 11.1 Å². The smallest absolute Gasteiger partial charge is 0.416 e. The van der Waals surface area contributed by atoms with Gasteiger partial charge in [0.15, 0.2) is 0 Å². The molecular weight excluding hydrogens is 413 g/mol. The molecule has 4 aromatic rings. The number of nitrogens with zero attached hydrogens (tertiary/aromatic N) is 2. The normalized spacial score (nSPS) is 14.4. The lowest BCUT2D eigenvalue weighted by molar-refractivity contribution is -0.137. The van der Waals surface area contributed by atoms with Gasteiger partial charge in [0, 0.05) is 24.4 Å². The Morgan fingerprint density at radius 1 is 0.844 bits per heavy atom. The van der Waals surface area contributed by atoms with E-state index in [0.717, 1.165) is 40.1 Å². The van der Waals surface area contributed by atoms with Crippen LogP contribution in [0, 0.1) is 6.92 Å². The highest BCUT2D eigenvalue weighted by atomic mass is 19.4. The molecule has 160 valence electrons. The van der Waals surface area contributed by atoms with Gasteiger partial charge in [-0.05, 0) is 42.3 Å². The molecule has 3 nitrogen and oxygen atoms in total. The van der Waals surface area contributed by atoms with Crippen LogP contribution in [-0.4, -0.2) is 9.78 Å². The van der Waals surface area contributed by atoms with Gasteiger partial charge >= 0.3 is 6.18 Å². The first-order valence-electron chi connectivity index (χ1n) is 10.1. The van der Waals surface area contributed by atoms with Crippen LogP contribution in [0.25, 0.3) is 22.6 Å². The fourth-order valence-corrected chi connectivity index (χ4v) is 3.93. The van der Waals surface area contributed by atoms with Crippen LogP contribution in [0.4, 0.5) is 13.2 Å². The van der Waals surface area contributed by atoms with Crippen molar-refractivity contribution >= 4 is 11.3 Å². The molecule has 32 heavy (non-hydrogen) atoms. The fraction of sp³-hybridized carbons (Fsp3) is 0.115. The predicted molar refractivity (Wildman–Crippen MR) is 118 cm³/mol. The van der Waals surface area contributed by atoms with E-state index in [1.54, 1.807) is 4.68 Å². The number of para-hydroxylation sites is 1. The Hall–Kier alpha value is -3.80. The van der Waals surface area contributed by atoms with Crippen molar-refractivity contribution in [3.8, 4) is 17.0 Å². The summed E-state index contributed by atoms with van der Waals surface area (Å²) in [5.41, 5.74) is 5.03. The molecule has 5 rings (SSSR count). The summed E-state index contributed by atoms with van der Waals surface area (Å²) in [6.45, 7) is 1.99. The SMILES string of the molecule is Cc1ccc(/C(=C2\Oc3ccccc3-c3nn(C)cc32)c2ccc(C(F)(F)F)cc2)cc1. The van der Waals surface area contributed by atoms with Crippen LogP contribution in [0.1, 0.15) is 27.8 Å². The third-order valence-electron chi connectivity index (χ3n) is 5.50. The van der Waals surface area contributed by atoms with Crippen LogP contribution in [0.15, 0.2) is 79.0 Å². The summed E-state index contributed by atoms with van der Waals surface area (Å²) in [7, 11) is 1.84. The van der Waals surface area contributed by atoms with Crippen molar-refractivity contribution in [1.29, 1.82) is 0 Å². The molecular formula is C26H19F3N2O. The van der Waals surface area contributed by atoms with Crippen LogP contribution in [-0.2, 0) is 13.2 Å². The molecule has 1 aliphatic heterocycles. The Morgan fingerprint density at radius 2 is 1.47 bits per heavy atom. The summed E-state index contributed by atoms with van der Waals surface area (Å²) in [6, 6.07) is 20.7. The van der Waals surface area contributed by atoms with Crippen LogP contribution < -0.4 is 4.74 Å². The third-order valence-corrected chi connectivity index (χ3v) is 5.50. The summed E-state index contributed by atoms with van der Waals surface area (Å²) in [5.74, 6) is 1.22. The van der Waals surface area contributed by atoms with Crippen molar-refractivity contribution in [2.75, 3.05) is 0 Å². The van der Waals surface area contributed by atoms with Crippen molar-refractivity contribution in [3.05, 3.63) is 107 Å². The average Bonchev–Trinajstić information content (AvgIpc) is 3.17. The van der Waals surface area contributed by atoms with Crippen molar-refractivity contribution < 1.29 is 17.9 Å². The number of aryl methyl sites for hydroxylation is 2. The Kier molecular flexibility index (Phi) is 4.66. The monoisotopic (exact) mass is 432 g/mol. The minimum atomic E-state index is -4.40. The van der Waals surface area contributed by atoms with E-state index in [2.05, 4.69) is 5.10 Å². The van der Waals surface area contributed by atoms with E-state index in [0.29, 0.717) is 22.6 Å². The van der Waals surface area contributed by atoms with Crippen LogP contribution in [0.2, 0.25) is 0 Å². The minimum absolute atomic E-state index is 0.565. The number of halogens is 3. The molecule has 0 radical (unpaired) electrons. The van der Waals surface area contributed by atoms with Crippen molar-refractivity contribution in [2.24, 2.45) is 7.05 Å². The zero-order chi connectivity index (χ0) is 22.5. The first-order valence-corrected chi connectivity index (χ1v) is 10.1. The van der Waals surface area contributed by atoms with Gasteiger partial charge in [-0.15, -0.1) is 0 Å². The molecule has 1 aromatic heterocycles. The molecule has 0 saturated heterocycles. The van der Waals surface area contributed by atoms with Gasteiger partial charge < -0.3 is 4.74 Å². The van der Waals surface area contributed by atoms with Gasteiger partial charge in [0.1, 0.15) is 17.2 Å². The number of hydrogen-bond donors (Lipinski definition) is 0. The van der Waals surface area contributed by atoms with E-state index in [4.69, 9.17) is 4.74 Å². The molecule has 0 aliphatic carbocycles. The van der Waals surface area contributed by atoms with Crippen LogP contribution in [0.3, 0.4) is 0 Å². The lowest BCUT2D eigenvalue weighted by atomic mass is 9.91. The summed E-state index contributed by atoms with van der Waals surface area (Å²) in [4.78, 5) is 0. The number of alkyl halides is 3. The summed E-state index contributed by atoms with van der Waals surface area (Å²) in [6.07, 6.45) is -2.52. The fourth-order valence-electron chi connectivity index (χ4n) is 3.93. The number of rotatable bonds is 2. The Labute approximate surface area is 183 Å². The van der Waals surface area contributed by atoms with Gasteiger partial charge in [-0.1, -0.05) is 54.1 Å².